The standard InChI is InChI=1S/C18H31N3O3/c1-18(2,3)20-17(22)13-24-15-8-7-14(11-16(15)23-6)12-19-9-10-21(4)5/h7-8,11,19H,9-10,12-13H2,1-6H3,(H,20,22). The van der Waals surface area contributed by atoms with Crippen molar-refractivity contribution in [2.24, 2.45) is 0 Å². The van der Waals surface area contributed by atoms with Crippen LogP contribution in [0.3, 0.4) is 0 Å². The Bertz CT molecular complexity index is 525. The number of benzene rings is 1. The van der Waals surface area contributed by atoms with Gasteiger partial charge in [-0.1, -0.05) is 6.07 Å². The van der Waals surface area contributed by atoms with Gasteiger partial charge in [-0.15, -0.1) is 0 Å². The molecule has 0 spiro atoms. The van der Waals surface area contributed by atoms with Crippen molar-refractivity contribution in [3.63, 3.8) is 0 Å². The molecule has 2 N–H and O–H groups in total. The molecule has 0 saturated carbocycles. The molecule has 0 heterocycles. The average molecular weight is 337 g/mol. The highest BCUT2D eigenvalue weighted by Crippen LogP contribution is 2.28. The van der Waals surface area contributed by atoms with E-state index in [4.69, 9.17) is 9.47 Å². The Morgan fingerprint density at radius 1 is 1.21 bits per heavy atom. The molecule has 1 amide bonds. The van der Waals surface area contributed by atoms with Gasteiger partial charge < -0.3 is 25.0 Å². The first-order chi connectivity index (χ1) is 11.2. The zero-order valence-electron chi connectivity index (χ0n) is 15.7. The summed E-state index contributed by atoms with van der Waals surface area (Å²) in [5, 5.41) is 6.24. The summed E-state index contributed by atoms with van der Waals surface area (Å²) >= 11 is 0. The summed E-state index contributed by atoms with van der Waals surface area (Å²) in [4.78, 5) is 14.0. The third kappa shape index (κ3) is 8.17. The van der Waals surface area contributed by atoms with Gasteiger partial charge >= 0.3 is 0 Å². The van der Waals surface area contributed by atoms with E-state index in [-0.39, 0.29) is 18.1 Å². The van der Waals surface area contributed by atoms with Crippen molar-refractivity contribution in [3.8, 4) is 11.5 Å². The van der Waals surface area contributed by atoms with Gasteiger partial charge in [-0.3, -0.25) is 4.79 Å². The van der Waals surface area contributed by atoms with Crippen LogP contribution < -0.4 is 20.1 Å². The van der Waals surface area contributed by atoms with Gasteiger partial charge in [0.05, 0.1) is 7.11 Å². The molecule has 6 nitrogen and oxygen atoms in total. The van der Waals surface area contributed by atoms with Gasteiger partial charge in [0.1, 0.15) is 0 Å². The first-order valence-electron chi connectivity index (χ1n) is 8.17. The molecule has 1 rings (SSSR count). The molecule has 0 radical (unpaired) electrons. The van der Waals surface area contributed by atoms with E-state index in [1.807, 2.05) is 53.1 Å². The summed E-state index contributed by atoms with van der Waals surface area (Å²) in [7, 11) is 5.69. The van der Waals surface area contributed by atoms with Gasteiger partial charge in [0.2, 0.25) is 0 Å². The Kier molecular flexibility index (Phi) is 8.01. The summed E-state index contributed by atoms with van der Waals surface area (Å²) in [6.07, 6.45) is 0. The summed E-state index contributed by atoms with van der Waals surface area (Å²) in [5.41, 5.74) is 0.837. The van der Waals surface area contributed by atoms with Crippen molar-refractivity contribution in [2.45, 2.75) is 32.9 Å². The Morgan fingerprint density at radius 2 is 1.92 bits per heavy atom. The van der Waals surface area contributed by atoms with Gasteiger partial charge in [-0.05, 0) is 52.6 Å². The maximum atomic E-state index is 11.8. The smallest absolute Gasteiger partial charge is 0.258 e. The molecule has 0 aliphatic rings. The molecule has 0 fully saturated rings. The van der Waals surface area contributed by atoms with Crippen molar-refractivity contribution in [1.29, 1.82) is 0 Å². The predicted molar refractivity (Wildman–Crippen MR) is 96.6 cm³/mol. The van der Waals surface area contributed by atoms with Crippen LogP contribution in [0.2, 0.25) is 0 Å². The van der Waals surface area contributed by atoms with Gasteiger partial charge in [-0.2, -0.15) is 0 Å². The second kappa shape index (κ2) is 9.49. The number of hydrogen-bond donors (Lipinski definition) is 2. The lowest BCUT2D eigenvalue weighted by Gasteiger charge is -2.20. The Labute approximate surface area is 145 Å². The van der Waals surface area contributed by atoms with Crippen molar-refractivity contribution in [1.82, 2.24) is 15.5 Å². The van der Waals surface area contributed by atoms with Gasteiger partial charge in [-0.25, -0.2) is 0 Å². The maximum absolute atomic E-state index is 11.8. The largest absolute Gasteiger partial charge is 0.493 e. The molecule has 0 aliphatic carbocycles. The van der Waals surface area contributed by atoms with E-state index in [0.717, 1.165) is 25.2 Å². The molecule has 0 aromatic heterocycles. The van der Waals surface area contributed by atoms with Crippen LogP contribution in [0.15, 0.2) is 18.2 Å². The Balaban J connectivity index is 2.55. The monoisotopic (exact) mass is 337 g/mol. The van der Waals surface area contributed by atoms with Crippen LogP contribution in [0.1, 0.15) is 26.3 Å². The number of methoxy groups -OCH3 is 1. The molecular weight excluding hydrogens is 306 g/mol. The lowest BCUT2D eigenvalue weighted by Crippen LogP contribution is -2.43. The molecule has 0 unspecified atom stereocenters. The molecule has 0 atom stereocenters. The summed E-state index contributed by atoms with van der Waals surface area (Å²) < 4.78 is 11.0. The first-order valence-corrected chi connectivity index (χ1v) is 8.17. The number of carbonyl (C=O) groups excluding carboxylic acids is 1. The SMILES string of the molecule is COc1cc(CNCCN(C)C)ccc1OCC(=O)NC(C)(C)C. The van der Waals surface area contributed by atoms with E-state index >= 15 is 0 Å². The second-order valence-electron chi connectivity index (χ2n) is 7.05. The van der Waals surface area contributed by atoms with Crippen LogP contribution in [-0.2, 0) is 11.3 Å². The van der Waals surface area contributed by atoms with E-state index < -0.39 is 0 Å². The summed E-state index contributed by atoms with van der Waals surface area (Å²) in [6, 6.07) is 5.74. The first kappa shape index (κ1) is 20.3. The van der Waals surface area contributed by atoms with Crippen LogP contribution in [-0.4, -0.2) is 57.2 Å². The molecular formula is C18H31N3O3. The molecule has 0 aliphatic heterocycles. The predicted octanol–water partition coefficient (Wildman–Crippen LogP) is 1.64. The van der Waals surface area contributed by atoms with Crippen molar-refractivity contribution < 1.29 is 14.3 Å². The van der Waals surface area contributed by atoms with Crippen LogP contribution >= 0.6 is 0 Å². The highest BCUT2D eigenvalue weighted by atomic mass is 16.5. The van der Waals surface area contributed by atoms with E-state index in [2.05, 4.69) is 15.5 Å². The quantitative estimate of drug-likeness (QED) is 0.671. The van der Waals surface area contributed by atoms with Gasteiger partial charge in [0.25, 0.3) is 5.91 Å². The third-order valence-electron chi connectivity index (χ3n) is 3.17. The van der Waals surface area contributed by atoms with E-state index in [1.54, 1.807) is 7.11 Å². The number of nitrogens with zero attached hydrogens (tertiary/aromatic N) is 1. The molecule has 1 aromatic carbocycles. The lowest BCUT2D eigenvalue weighted by molar-refractivity contribution is -0.124. The molecule has 0 bridgehead atoms. The lowest BCUT2D eigenvalue weighted by atomic mass is 10.1. The number of amides is 1. The van der Waals surface area contributed by atoms with Crippen LogP contribution in [0, 0.1) is 0 Å². The number of hydrogen-bond acceptors (Lipinski definition) is 5. The fourth-order valence-corrected chi connectivity index (χ4v) is 2.07. The van der Waals surface area contributed by atoms with E-state index in [0.29, 0.717) is 11.5 Å². The molecule has 136 valence electrons. The van der Waals surface area contributed by atoms with Crippen molar-refractivity contribution in [3.05, 3.63) is 23.8 Å². The van der Waals surface area contributed by atoms with E-state index in [1.165, 1.54) is 0 Å². The van der Waals surface area contributed by atoms with Crippen molar-refractivity contribution in [2.75, 3.05) is 40.9 Å². The van der Waals surface area contributed by atoms with Crippen LogP contribution in [0.25, 0.3) is 0 Å². The molecule has 6 heteroatoms. The van der Waals surface area contributed by atoms with Crippen LogP contribution in [0.5, 0.6) is 11.5 Å². The fourth-order valence-electron chi connectivity index (χ4n) is 2.07. The number of carbonyl (C=O) groups is 1. The Hall–Kier alpha value is -1.79. The average Bonchev–Trinajstić information content (AvgIpc) is 2.48. The minimum Gasteiger partial charge on any atom is -0.493 e. The highest BCUT2D eigenvalue weighted by Gasteiger charge is 2.15. The maximum Gasteiger partial charge on any atom is 0.258 e. The summed E-state index contributed by atoms with van der Waals surface area (Å²) in [6.45, 7) is 8.43. The topological polar surface area (TPSA) is 62.8 Å². The number of rotatable bonds is 9. The normalized spacial score (nSPS) is 11.5. The minimum atomic E-state index is -0.271. The minimum absolute atomic E-state index is 0.0337. The number of nitrogens with one attached hydrogen (secondary N) is 2. The second-order valence-corrected chi connectivity index (χ2v) is 7.05. The summed E-state index contributed by atoms with van der Waals surface area (Å²) in [5.74, 6) is 1.04. The highest BCUT2D eigenvalue weighted by molar-refractivity contribution is 5.78. The zero-order chi connectivity index (χ0) is 18.2. The van der Waals surface area contributed by atoms with Crippen LogP contribution in [0.4, 0.5) is 0 Å². The zero-order valence-corrected chi connectivity index (χ0v) is 15.7. The van der Waals surface area contributed by atoms with E-state index in [9.17, 15) is 4.79 Å². The molecule has 1 aromatic rings. The molecule has 24 heavy (non-hydrogen) atoms. The van der Waals surface area contributed by atoms with Gasteiger partial charge in [0.15, 0.2) is 18.1 Å². The molecule has 0 saturated heterocycles. The third-order valence-corrected chi connectivity index (χ3v) is 3.17. The fraction of sp³-hybridized carbons (Fsp3) is 0.611. The van der Waals surface area contributed by atoms with Gasteiger partial charge in [0, 0.05) is 25.2 Å². The Morgan fingerprint density at radius 3 is 2.50 bits per heavy atom. The number of likely N-dealkylation sites (N-methyl/N-ethyl adjacent to an activating group) is 1. The number of ether oxygens (including phenoxy) is 2. The van der Waals surface area contributed by atoms with Crippen molar-refractivity contribution >= 4 is 5.91 Å².